The van der Waals surface area contributed by atoms with E-state index in [-0.39, 0.29) is 12.5 Å². The summed E-state index contributed by atoms with van der Waals surface area (Å²) in [5.41, 5.74) is -0.517. The van der Waals surface area contributed by atoms with Crippen molar-refractivity contribution < 1.29 is 17.9 Å². The van der Waals surface area contributed by atoms with E-state index in [9.17, 15) is 13.2 Å². The van der Waals surface area contributed by atoms with E-state index in [4.69, 9.17) is 4.74 Å². The van der Waals surface area contributed by atoms with Crippen molar-refractivity contribution in [3.8, 4) is 0 Å². The molecule has 5 heteroatoms. The quantitative estimate of drug-likeness (QED) is 0.789. The Balaban J connectivity index is 1.72. The maximum Gasteiger partial charge on any atom is 0.396 e. The first-order valence-electron chi connectivity index (χ1n) is 7.01. The van der Waals surface area contributed by atoms with Crippen LogP contribution in [0.15, 0.2) is 42.7 Å². The van der Waals surface area contributed by atoms with Crippen LogP contribution in [0.1, 0.15) is 5.56 Å². The third kappa shape index (κ3) is 2.33. The number of halogens is 3. The zero-order chi connectivity index (χ0) is 15.1. The fraction of sp³-hybridized carbons (Fsp3) is 0.500. The van der Waals surface area contributed by atoms with Gasteiger partial charge in [-0.25, -0.2) is 0 Å². The van der Waals surface area contributed by atoms with Crippen molar-refractivity contribution in [2.75, 3.05) is 20.2 Å². The molecule has 0 aromatic heterocycles. The first-order chi connectivity index (χ1) is 9.99. The summed E-state index contributed by atoms with van der Waals surface area (Å²) in [6, 6.07) is 9.64. The van der Waals surface area contributed by atoms with Gasteiger partial charge in [0.25, 0.3) is 0 Å². The van der Waals surface area contributed by atoms with Crippen molar-refractivity contribution in [2.24, 2.45) is 17.3 Å². The second-order valence-electron chi connectivity index (χ2n) is 5.89. The van der Waals surface area contributed by atoms with Crippen LogP contribution in [0.25, 0.3) is 0 Å². The van der Waals surface area contributed by atoms with Gasteiger partial charge < -0.3 is 4.74 Å². The lowest BCUT2D eigenvalue weighted by Gasteiger charge is -2.24. The SMILES string of the molecule is CO/C=C/C1C2CN(Cc3ccccc3)CC12C(F)(F)F. The molecule has 3 atom stereocenters. The van der Waals surface area contributed by atoms with Crippen LogP contribution in [-0.4, -0.2) is 31.3 Å². The summed E-state index contributed by atoms with van der Waals surface area (Å²) < 4.78 is 45.2. The van der Waals surface area contributed by atoms with Crippen LogP contribution in [0.2, 0.25) is 0 Å². The van der Waals surface area contributed by atoms with Gasteiger partial charge in [0.05, 0.1) is 18.8 Å². The Morgan fingerprint density at radius 3 is 2.62 bits per heavy atom. The molecule has 1 aliphatic carbocycles. The van der Waals surface area contributed by atoms with E-state index in [1.807, 2.05) is 35.2 Å². The molecule has 0 radical (unpaired) electrons. The van der Waals surface area contributed by atoms with Gasteiger partial charge in [0.15, 0.2) is 0 Å². The summed E-state index contributed by atoms with van der Waals surface area (Å²) in [5, 5.41) is 0. The molecule has 3 unspecified atom stereocenters. The van der Waals surface area contributed by atoms with Crippen LogP contribution in [0, 0.1) is 17.3 Å². The average molecular weight is 297 g/mol. The monoisotopic (exact) mass is 297 g/mol. The van der Waals surface area contributed by atoms with Crippen molar-refractivity contribution >= 4 is 0 Å². The number of piperidine rings is 1. The molecule has 2 nitrogen and oxygen atoms in total. The Labute approximate surface area is 122 Å². The van der Waals surface area contributed by atoms with Gasteiger partial charge >= 0.3 is 6.18 Å². The van der Waals surface area contributed by atoms with Crippen LogP contribution in [0.3, 0.4) is 0 Å². The van der Waals surface area contributed by atoms with Crippen molar-refractivity contribution in [1.29, 1.82) is 0 Å². The molecule has 1 aromatic carbocycles. The van der Waals surface area contributed by atoms with E-state index in [2.05, 4.69) is 0 Å². The molecule has 2 fully saturated rings. The summed E-state index contributed by atoms with van der Waals surface area (Å²) in [4.78, 5) is 1.91. The smallest absolute Gasteiger partial charge is 0.396 e. The lowest BCUT2D eigenvalue weighted by atomic mass is 10.0. The van der Waals surface area contributed by atoms with Crippen LogP contribution in [-0.2, 0) is 11.3 Å². The number of ether oxygens (including phenoxy) is 1. The van der Waals surface area contributed by atoms with Gasteiger partial charge in [0.1, 0.15) is 0 Å². The van der Waals surface area contributed by atoms with E-state index in [0.717, 1.165) is 5.56 Å². The van der Waals surface area contributed by atoms with E-state index in [1.54, 1.807) is 6.08 Å². The second-order valence-corrected chi connectivity index (χ2v) is 5.89. The number of methoxy groups -OCH3 is 1. The van der Waals surface area contributed by atoms with Gasteiger partial charge in [-0.15, -0.1) is 0 Å². The molecule has 2 aliphatic rings. The number of hydrogen-bond donors (Lipinski definition) is 0. The summed E-state index contributed by atoms with van der Waals surface area (Å²) in [6.45, 7) is 1.15. The third-order valence-corrected chi connectivity index (χ3v) is 4.72. The lowest BCUT2D eigenvalue weighted by Crippen LogP contribution is -2.35. The van der Waals surface area contributed by atoms with Crippen molar-refractivity contribution in [2.45, 2.75) is 12.7 Å². The maximum atomic E-state index is 13.5. The standard InChI is InChI=1S/C16H18F3NO/c1-21-8-7-13-14-10-20(9-12-5-3-2-4-6-12)11-15(13,14)16(17,18)19/h2-8,13-14H,9-11H2,1H3/b8-7+. The van der Waals surface area contributed by atoms with Gasteiger partial charge in [-0.2, -0.15) is 13.2 Å². The maximum absolute atomic E-state index is 13.5. The van der Waals surface area contributed by atoms with Crippen molar-refractivity contribution in [1.82, 2.24) is 4.90 Å². The minimum absolute atomic E-state index is 0.0782. The minimum Gasteiger partial charge on any atom is -0.505 e. The number of rotatable bonds is 4. The van der Waals surface area contributed by atoms with Crippen LogP contribution < -0.4 is 0 Å². The molecular weight excluding hydrogens is 279 g/mol. The topological polar surface area (TPSA) is 12.5 Å². The molecule has 3 rings (SSSR count). The fourth-order valence-corrected chi connectivity index (χ4v) is 3.68. The highest BCUT2D eigenvalue weighted by Gasteiger charge is 2.79. The molecule has 1 heterocycles. The highest BCUT2D eigenvalue weighted by Crippen LogP contribution is 2.71. The molecule has 0 N–H and O–H groups in total. The van der Waals surface area contributed by atoms with Gasteiger partial charge in [-0.3, -0.25) is 4.90 Å². The molecule has 1 aromatic rings. The normalized spacial score (nSPS) is 32.4. The Kier molecular flexibility index (Phi) is 3.48. The van der Waals surface area contributed by atoms with Crippen molar-refractivity contribution in [3.63, 3.8) is 0 Å². The van der Waals surface area contributed by atoms with Crippen molar-refractivity contribution in [3.05, 3.63) is 48.2 Å². The minimum atomic E-state index is -4.16. The third-order valence-electron chi connectivity index (χ3n) is 4.72. The molecule has 1 saturated carbocycles. The van der Waals surface area contributed by atoms with Gasteiger partial charge in [-0.05, 0) is 17.6 Å². The Morgan fingerprint density at radius 1 is 1.33 bits per heavy atom. The molecule has 114 valence electrons. The number of fused-ring (bicyclic) bond motifs is 1. The highest BCUT2D eigenvalue weighted by molar-refractivity contribution is 5.26. The molecule has 1 saturated heterocycles. The van der Waals surface area contributed by atoms with Crippen LogP contribution in [0.5, 0.6) is 0 Å². The van der Waals surface area contributed by atoms with E-state index < -0.39 is 17.5 Å². The Bertz CT molecular complexity index is 528. The molecule has 0 bridgehead atoms. The van der Waals surface area contributed by atoms with E-state index in [1.165, 1.54) is 13.4 Å². The molecular formula is C16H18F3NO. The number of alkyl halides is 3. The van der Waals surface area contributed by atoms with Gasteiger partial charge in [0, 0.05) is 25.6 Å². The molecule has 1 aliphatic heterocycles. The molecule has 0 amide bonds. The van der Waals surface area contributed by atoms with Crippen LogP contribution in [0.4, 0.5) is 13.2 Å². The van der Waals surface area contributed by atoms with E-state index >= 15 is 0 Å². The predicted octanol–water partition coefficient (Wildman–Crippen LogP) is 3.46. The average Bonchev–Trinajstić information content (AvgIpc) is 2.86. The lowest BCUT2D eigenvalue weighted by molar-refractivity contribution is -0.191. The fourth-order valence-electron chi connectivity index (χ4n) is 3.68. The van der Waals surface area contributed by atoms with Crippen LogP contribution >= 0.6 is 0 Å². The summed E-state index contributed by atoms with van der Waals surface area (Å²) in [6.07, 6.45) is -1.22. The number of hydrogen-bond acceptors (Lipinski definition) is 2. The summed E-state index contributed by atoms with van der Waals surface area (Å²) in [5.74, 6) is -0.780. The molecule has 0 spiro atoms. The molecule has 21 heavy (non-hydrogen) atoms. The summed E-state index contributed by atoms with van der Waals surface area (Å²) >= 11 is 0. The number of benzene rings is 1. The number of likely N-dealkylation sites (tertiary alicyclic amines) is 1. The zero-order valence-corrected chi connectivity index (χ0v) is 11.8. The first kappa shape index (κ1) is 14.4. The van der Waals surface area contributed by atoms with E-state index in [0.29, 0.717) is 13.1 Å². The number of nitrogens with zero attached hydrogens (tertiary/aromatic N) is 1. The first-order valence-corrected chi connectivity index (χ1v) is 7.01. The Hall–Kier alpha value is -1.49. The number of allylic oxidation sites excluding steroid dienone is 1. The largest absolute Gasteiger partial charge is 0.505 e. The zero-order valence-electron chi connectivity index (χ0n) is 11.8. The second kappa shape index (κ2) is 5.05. The highest BCUT2D eigenvalue weighted by atomic mass is 19.4. The predicted molar refractivity (Wildman–Crippen MR) is 73.3 cm³/mol. The van der Waals surface area contributed by atoms with Gasteiger partial charge in [0.2, 0.25) is 0 Å². The summed E-state index contributed by atoms with van der Waals surface area (Å²) in [7, 11) is 1.45. The Morgan fingerprint density at radius 2 is 2.05 bits per heavy atom. The van der Waals surface area contributed by atoms with Gasteiger partial charge in [-0.1, -0.05) is 30.3 Å².